The Bertz CT molecular complexity index is 1790. The highest BCUT2D eigenvalue weighted by atomic mass is 16.6. The van der Waals surface area contributed by atoms with Crippen molar-refractivity contribution in [3.63, 3.8) is 0 Å². The molecule has 4 aromatic rings. The van der Waals surface area contributed by atoms with Crippen LogP contribution < -0.4 is 18.9 Å². The zero-order chi connectivity index (χ0) is 39.0. The lowest BCUT2D eigenvalue weighted by molar-refractivity contribution is -0.00843. The molecule has 57 heavy (non-hydrogen) atoms. The number of fused-ring (bicyclic) bond motifs is 2. The van der Waals surface area contributed by atoms with Gasteiger partial charge in [-0.2, -0.15) is 0 Å². The molecule has 2 heterocycles. The molecule has 0 amide bonds. The van der Waals surface area contributed by atoms with Crippen molar-refractivity contribution in [3.8, 4) is 23.0 Å². The minimum Gasteiger partial charge on any atom is -0.487 e. The number of hydrogen-bond donors (Lipinski definition) is 0. The summed E-state index contributed by atoms with van der Waals surface area (Å²) in [6.07, 6.45) is 0. The van der Waals surface area contributed by atoms with Crippen molar-refractivity contribution in [1.82, 2.24) is 0 Å². The van der Waals surface area contributed by atoms with Gasteiger partial charge in [0, 0.05) is 5.56 Å². The molecule has 0 unspecified atom stereocenters. The van der Waals surface area contributed by atoms with Gasteiger partial charge < -0.3 is 56.8 Å². The molecule has 0 N–H and O–H groups in total. The van der Waals surface area contributed by atoms with Gasteiger partial charge in [-0.05, 0) is 51.7 Å². The van der Waals surface area contributed by atoms with Crippen LogP contribution in [0, 0.1) is 0 Å². The van der Waals surface area contributed by atoms with Gasteiger partial charge in [-0.15, -0.1) is 0 Å². The molecule has 0 atom stereocenters. The maximum atomic E-state index is 15.3. The predicted octanol–water partition coefficient (Wildman–Crippen LogP) is 5.05. The summed E-state index contributed by atoms with van der Waals surface area (Å²) in [6, 6.07) is 23.3. The smallest absolute Gasteiger partial charge is 0.182 e. The summed E-state index contributed by atoms with van der Waals surface area (Å²) in [7, 11) is 0. The highest BCUT2D eigenvalue weighted by molar-refractivity contribution is 6.23. The van der Waals surface area contributed by atoms with Gasteiger partial charge in [-0.1, -0.05) is 48.5 Å². The summed E-state index contributed by atoms with van der Waals surface area (Å²) < 4.78 is 70.5. The average Bonchev–Trinajstić information content (AvgIpc) is 3.49. The summed E-state index contributed by atoms with van der Waals surface area (Å²) in [5.74, 6) is 1.95. The standard InChI is InChI=1S/C44H52O13/c45-43-36-5-1-3-33-4-2-6-37(42(33)36)44(43,34-7-9-38-40(31-34)56-29-25-52-21-17-48-13-11-46-15-19-50-23-27-54-38)35-8-10-39-41(32-35)57-30-26-53-22-18-49-14-12-47-16-20-51-24-28-55-39/h1-10,31-32H,11-30H2. The second-order valence-corrected chi connectivity index (χ2v) is 13.4. The first-order valence-corrected chi connectivity index (χ1v) is 19.8. The average molecular weight is 789 g/mol. The Labute approximate surface area is 333 Å². The quantitative estimate of drug-likeness (QED) is 0.269. The lowest BCUT2D eigenvalue weighted by atomic mass is 9.68. The third-order valence-electron chi connectivity index (χ3n) is 9.82. The Balaban J connectivity index is 1.25. The van der Waals surface area contributed by atoms with Gasteiger partial charge in [0.15, 0.2) is 28.8 Å². The van der Waals surface area contributed by atoms with Crippen LogP contribution in [0.5, 0.6) is 23.0 Å². The van der Waals surface area contributed by atoms with Crippen LogP contribution in [-0.4, -0.2) is 138 Å². The van der Waals surface area contributed by atoms with Gasteiger partial charge in [0.05, 0.1) is 106 Å². The Morgan fingerprint density at radius 3 is 1.12 bits per heavy atom. The van der Waals surface area contributed by atoms with Gasteiger partial charge in [0.25, 0.3) is 0 Å². The second kappa shape index (κ2) is 21.4. The van der Waals surface area contributed by atoms with Crippen molar-refractivity contribution < 1.29 is 61.6 Å². The van der Waals surface area contributed by atoms with Crippen molar-refractivity contribution >= 4 is 16.6 Å². The number of Topliss-reactive ketones (excluding diaryl/α,β-unsaturated/α-hetero) is 1. The van der Waals surface area contributed by atoms with E-state index >= 15 is 4.79 Å². The SMILES string of the molecule is O=C1c2cccc3cccc(c23)C1(c1ccc2c(c1)OCCOCCOCCOCCOCCO2)c1ccc2c(c1)OCCOCCOCCOCCOCCO2. The highest BCUT2D eigenvalue weighted by Crippen LogP contribution is 2.53. The lowest BCUT2D eigenvalue weighted by Crippen LogP contribution is -2.35. The molecule has 0 radical (unpaired) electrons. The van der Waals surface area contributed by atoms with Gasteiger partial charge in [0.1, 0.15) is 31.8 Å². The van der Waals surface area contributed by atoms with Crippen LogP contribution in [0.2, 0.25) is 0 Å². The lowest BCUT2D eigenvalue weighted by Gasteiger charge is -2.32. The molecule has 13 heteroatoms. The minimum absolute atomic E-state index is 0.0608. The van der Waals surface area contributed by atoms with E-state index in [1.165, 1.54) is 0 Å². The molecule has 7 rings (SSSR count). The van der Waals surface area contributed by atoms with Crippen LogP contribution in [0.3, 0.4) is 0 Å². The molecule has 1 aliphatic carbocycles. The van der Waals surface area contributed by atoms with Crippen LogP contribution >= 0.6 is 0 Å². The van der Waals surface area contributed by atoms with Gasteiger partial charge in [-0.3, -0.25) is 4.79 Å². The molecule has 2 aliphatic heterocycles. The topological polar surface area (TPSA) is 128 Å². The Hall–Kier alpha value is -4.31. The fraction of sp³-hybridized carbons (Fsp3) is 0.477. The molecule has 0 fully saturated rings. The third-order valence-corrected chi connectivity index (χ3v) is 9.82. The first kappa shape index (κ1) is 40.9. The van der Waals surface area contributed by atoms with E-state index < -0.39 is 5.41 Å². The molecule has 0 bridgehead atoms. The molecule has 306 valence electrons. The zero-order valence-corrected chi connectivity index (χ0v) is 32.4. The third kappa shape index (κ3) is 10.2. The van der Waals surface area contributed by atoms with Crippen molar-refractivity contribution in [3.05, 3.63) is 95.1 Å². The van der Waals surface area contributed by atoms with Crippen molar-refractivity contribution in [2.45, 2.75) is 5.41 Å². The van der Waals surface area contributed by atoms with Crippen LogP contribution in [-0.2, 0) is 43.3 Å². The molecular formula is C44H52O13. The highest BCUT2D eigenvalue weighted by Gasteiger charge is 2.50. The number of carbonyl (C=O) groups excluding carboxylic acids is 1. The number of hydrogen-bond acceptors (Lipinski definition) is 13. The van der Waals surface area contributed by atoms with E-state index in [2.05, 4.69) is 0 Å². The van der Waals surface area contributed by atoms with E-state index in [0.717, 1.165) is 16.3 Å². The maximum absolute atomic E-state index is 15.3. The van der Waals surface area contributed by atoms with Gasteiger partial charge >= 0.3 is 0 Å². The van der Waals surface area contributed by atoms with E-state index in [9.17, 15) is 0 Å². The minimum atomic E-state index is -1.27. The summed E-state index contributed by atoms with van der Waals surface area (Å²) in [5.41, 5.74) is 1.65. The predicted molar refractivity (Wildman–Crippen MR) is 210 cm³/mol. The molecule has 4 aromatic carbocycles. The van der Waals surface area contributed by atoms with Crippen LogP contribution in [0.4, 0.5) is 0 Å². The summed E-state index contributed by atoms with van der Waals surface area (Å²) >= 11 is 0. The first-order chi connectivity index (χ1) is 28.3. The number of ether oxygens (including phenoxy) is 12. The van der Waals surface area contributed by atoms with Crippen molar-refractivity contribution in [1.29, 1.82) is 0 Å². The number of ketones is 1. The fourth-order valence-corrected chi connectivity index (χ4v) is 7.22. The van der Waals surface area contributed by atoms with Crippen molar-refractivity contribution in [2.75, 3.05) is 132 Å². The molecule has 0 aromatic heterocycles. The van der Waals surface area contributed by atoms with Gasteiger partial charge in [0.2, 0.25) is 0 Å². The van der Waals surface area contributed by atoms with E-state index in [-0.39, 0.29) is 19.0 Å². The molecular weight excluding hydrogens is 736 g/mol. The first-order valence-electron chi connectivity index (χ1n) is 19.8. The molecule has 3 aliphatic rings. The monoisotopic (exact) mass is 788 g/mol. The maximum Gasteiger partial charge on any atom is 0.182 e. The van der Waals surface area contributed by atoms with Crippen LogP contribution in [0.15, 0.2) is 72.8 Å². The van der Waals surface area contributed by atoms with Crippen LogP contribution in [0.1, 0.15) is 27.0 Å². The summed E-state index contributed by atoms with van der Waals surface area (Å²) in [4.78, 5) is 15.3. The molecule has 0 saturated heterocycles. The normalized spacial score (nSPS) is 20.1. The number of carbonyl (C=O) groups is 1. The Morgan fingerprint density at radius 1 is 0.368 bits per heavy atom. The van der Waals surface area contributed by atoms with E-state index in [1.54, 1.807) is 0 Å². The molecule has 13 nitrogen and oxygen atoms in total. The largest absolute Gasteiger partial charge is 0.487 e. The number of benzene rings is 4. The van der Waals surface area contributed by atoms with Crippen LogP contribution in [0.25, 0.3) is 10.8 Å². The van der Waals surface area contributed by atoms with Gasteiger partial charge in [-0.25, -0.2) is 0 Å². The molecule has 0 saturated carbocycles. The van der Waals surface area contributed by atoms with Crippen molar-refractivity contribution in [2.24, 2.45) is 0 Å². The second-order valence-electron chi connectivity index (χ2n) is 13.4. The Kier molecular flexibility index (Phi) is 15.4. The Morgan fingerprint density at radius 2 is 0.719 bits per heavy atom. The van der Waals surface area contributed by atoms with E-state index in [1.807, 2.05) is 72.8 Å². The molecule has 0 spiro atoms. The zero-order valence-electron chi connectivity index (χ0n) is 32.4. The fourth-order valence-electron chi connectivity index (χ4n) is 7.22. The number of rotatable bonds is 2. The summed E-state index contributed by atoms with van der Waals surface area (Å²) in [6.45, 7) is 7.96. The van der Waals surface area contributed by atoms with E-state index in [4.69, 9.17) is 56.8 Å². The van der Waals surface area contributed by atoms with E-state index in [0.29, 0.717) is 159 Å². The summed E-state index contributed by atoms with van der Waals surface area (Å²) in [5, 5.41) is 1.89.